The van der Waals surface area contributed by atoms with Gasteiger partial charge in [0.2, 0.25) is 5.75 Å². The Labute approximate surface area is 150 Å². The molecule has 0 aliphatic carbocycles. The van der Waals surface area contributed by atoms with Crippen LogP contribution in [0.4, 0.5) is 0 Å². The number of hydrogen-bond donors (Lipinski definition) is 1. The van der Waals surface area contributed by atoms with Gasteiger partial charge in [-0.25, -0.2) is 0 Å². The average Bonchev–Trinajstić information content (AvgIpc) is 2.98. The molecule has 1 amide bonds. The van der Waals surface area contributed by atoms with Gasteiger partial charge in [-0.15, -0.1) is 0 Å². The van der Waals surface area contributed by atoms with E-state index in [4.69, 9.17) is 19.9 Å². The van der Waals surface area contributed by atoms with Gasteiger partial charge in [-0.05, 0) is 58.7 Å². The van der Waals surface area contributed by atoms with Crippen LogP contribution in [0.2, 0.25) is 0 Å². The number of carbonyl (C=O) groups is 1. The van der Waals surface area contributed by atoms with E-state index in [0.717, 1.165) is 6.42 Å². The smallest absolute Gasteiger partial charge is 0.254 e. The largest absolute Gasteiger partial charge is 0.490 e. The maximum Gasteiger partial charge on any atom is 0.254 e. The van der Waals surface area contributed by atoms with Gasteiger partial charge in [0.05, 0.1) is 19.8 Å². The maximum absolute atomic E-state index is 13.0. The normalized spacial score (nSPS) is 19.8. The van der Waals surface area contributed by atoms with Crippen LogP contribution in [-0.4, -0.2) is 49.8 Å². The molecule has 1 aliphatic rings. The first-order valence-corrected chi connectivity index (χ1v) is 9.13. The zero-order valence-electron chi connectivity index (χ0n) is 15.7. The second-order valence-corrected chi connectivity index (χ2v) is 6.24. The molecular weight excluding hydrogens is 320 g/mol. The third kappa shape index (κ3) is 4.37. The molecule has 0 spiro atoms. The summed E-state index contributed by atoms with van der Waals surface area (Å²) in [5.74, 6) is 1.98. The van der Waals surface area contributed by atoms with Crippen LogP contribution in [0.1, 0.15) is 44.5 Å². The fourth-order valence-electron chi connectivity index (χ4n) is 3.27. The number of rotatable bonds is 8. The molecular formula is C19H30N2O4. The Morgan fingerprint density at radius 2 is 1.68 bits per heavy atom. The lowest BCUT2D eigenvalue weighted by molar-refractivity contribution is 0.0742. The van der Waals surface area contributed by atoms with Crippen LogP contribution in [0.25, 0.3) is 0 Å². The van der Waals surface area contributed by atoms with E-state index in [0.29, 0.717) is 61.6 Å². The van der Waals surface area contributed by atoms with Gasteiger partial charge in [-0.2, -0.15) is 0 Å². The fourth-order valence-corrected chi connectivity index (χ4v) is 3.27. The average molecular weight is 350 g/mol. The number of benzene rings is 1. The first kappa shape index (κ1) is 19.4. The molecule has 0 radical (unpaired) electrons. The summed E-state index contributed by atoms with van der Waals surface area (Å²) in [6.45, 7) is 10.5. The highest BCUT2D eigenvalue weighted by Gasteiger charge is 2.33. The molecule has 6 nitrogen and oxygen atoms in total. The van der Waals surface area contributed by atoms with Gasteiger partial charge in [0.25, 0.3) is 5.91 Å². The van der Waals surface area contributed by atoms with Gasteiger partial charge in [-0.3, -0.25) is 4.79 Å². The highest BCUT2D eigenvalue weighted by atomic mass is 16.5. The summed E-state index contributed by atoms with van der Waals surface area (Å²) in [4.78, 5) is 14.9. The van der Waals surface area contributed by atoms with Gasteiger partial charge < -0.3 is 24.8 Å². The number of hydrogen-bond acceptors (Lipinski definition) is 5. The molecule has 0 bridgehead atoms. The summed E-state index contributed by atoms with van der Waals surface area (Å²) in [6.07, 6.45) is 0.940. The van der Waals surface area contributed by atoms with Crippen molar-refractivity contribution in [3.05, 3.63) is 17.7 Å². The molecule has 2 N–H and O–H groups in total. The summed E-state index contributed by atoms with van der Waals surface area (Å²) < 4.78 is 17.1. The van der Waals surface area contributed by atoms with Gasteiger partial charge in [-0.1, -0.05) is 0 Å². The number of nitrogens with zero attached hydrogens (tertiary/aromatic N) is 1. The maximum atomic E-state index is 13.0. The van der Waals surface area contributed by atoms with E-state index >= 15 is 0 Å². The zero-order chi connectivity index (χ0) is 18.4. The molecule has 0 aromatic heterocycles. The van der Waals surface area contributed by atoms with Crippen LogP contribution >= 0.6 is 0 Å². The number of ether oxygens (including phenoxy) is 3. The van der Waals surface area contributed by atoms with Crippen molar-refractivity contribution in [2.45, 2.75) is 40.2 Å². The van der Waals surface area contributed by atoms with Crippen LogP contribution in [0.3, 0.4) is 0 Å². The lowest BCUT2D eigenvalue weighted by Crippen LogP contribution is -2.34. The molecule has 6 heteroatoms. The Morgan fingerprint density at radius 1 is 1.12 bits per heavy atom. The van der Waals surface area contributed by atoms with Crippen molar-refractivity contribution in [2.24, 2.45) is 11.7 Å². The fraction of sp³-hybridized carbons (Fsp3) is 0.632. The summed E-state index contributed by atoms with van der Waals surface area (Å²) >= 11 is 0. The lowest BCUT2D eigenvalue weighted by atomic mass is 10.1. The Kier molecular flexibility index (Phi) is 6.93. The van der Waals surface area contributed by atoms with E-state index in [-0.39, 0.29) is 11.9 Å². The van der Waals surface area contributed by atoms with Gasteiger partial charge >= 0.3 is 0 Å². The number of carbonyl (C=O) groups excluding carboxylic acids is 1. The molecule has 0 saturated carbocycles. The number of nitrogens with two attached hydrogens (primary N) is 1. The zero-order valence-corrected chi connectivity index (χ0v) is 15.7. The van der Waals surface area contributed by atoms with Crippen LogP contribution in [0.15, 0.2) is 12.1 Å². The van der Waals surface area contributed by atoms with Crippen molar-refractivity contribution >= 4 is 5.91 Å². The Morgan fingerprint density at radius 3 is 2.12 bits per heavy atom. The molecule has 2 atom stereocenters. The minimum Gasteiger partial charge on any atom is -0.490 e. The van der Waals surface area contributed by atoms with Crippen molar-refractivity contribution < 1.29 is 19.0 Å². The minimum atomic E-state index is -0.0200. The SMILES string of the molecule is CCOc1cc(C(=O)N2CC(CN)CC2C)cc(OCC)c1OCC. The number of likely N-dealkylation sites (tertiary alicyclic amines) is 1. The van der Waals surface area contributed by atoms with E-state index < -0.39 is 0 Å². The second kappa shape index (κ2) is 8.94. The van der Waals surface area contributed by atoms with Crippen molar-refractivity contribution in [1.82, 2.24) is 4.90 Å². The van der Waals surface area contributed by atoms with E-state index in [9.17, 15) is 4.79 Å². The first-order valence-electron chi connectivity index (χ1n) is 9.13. The Balaban J connectivity index is 2.37. The molecule has 140 valence electrons. The van der Waals surface area contributed by atoms with Crippen LogP contribution < -0.4 is 19.9 Å². The molecule has 1 saturated heterocycles. The monoisotopic (exact) mass is 350 g/mol. The van der Waals surface area contributed by atoms with E-state index in [1.54, 1.807) is 12.1 Å². The molecule has 1 aromatic rings. The van der Waals surface area contributed by atoms with E-state index in [1.165, 1.54) is 0 Å². The Bertz CT molecular complexity index is 564. The van der Waals surface area contributed by atoms with E-state index in [2.05, 4.69) is 6.92 Å². The minimum absolute atomic E-state index is 0.0200. The predicted octanol–water partition coefficient (Wildman–Crippen LogP) is 2.69. The first-order chi connectivity index (χ1) is 12.0. The lowest BCUT2D eigenvalue weighted by Gasteiger charge is -2.23. The highest BCUT2D eigenvalue weighted by Crippen LogP contribution is 2.40. The molecule has 1 fully saturated rings. The molecule has 1 heterocycles. The van der Waals surface area contributed by atoms with Gasteiger partial charge in [0.1, 0.15) is 0 Å². The molecule has 1 aliphatic heterocycles. The highest BCUT2D eigenvalue weighted by molar-refractivity contribution is 5.96. The van der Waals surface area contributed by atoms with Gasteiger partial charge in [0.15, 0.2) is 11.5 Å². The third-order valence-corrected chi connectivity index (χ3v) is 4.41. The van der Waals surface area contributed by atoms with Crippen molar-refractivity contribution in [1.29, 1.82) is 0 Å². The molecule has 25 heavy (non-hydrogen) atoms. The number of amides is 1. The second-order valence-electron chi connectivity index (χ2n) is 6.24. The summed E-state index contributed by atoms with van der Waals surface area (Å²) in [6, 6.07) is 3.68. The summed E-state index contributed by atoms with van der Waals surface area (Å²) in [7, 11) is 0. The van der Waals surface area contributed by atoms with Crippen LogP contribution in [0.5, 0.6) is 17.2 Å². The third-order valence-electron chi connectivity index (χ3n) is 4.41. The van der Waals surface area contributed by atoms with Crippen LogP contribution in [-0.2, 0) is 0 Å². The molecule has 1 aromatic carbocycles. The summed E-state index contributed by atoms with van der Waals surface area (Å²) in [5.41, 5.74) is 6.34. The van der Waals surface area contributed by atoms with Crippen molar-refractivity contribution in [3.8, 4) is 17.2 Å². The van der Waals surface area contributed by atoms with E-state index in [1.807, 2.05) is 25.7 Å². The standard InChI is InChI=1S/C19H30N2O4/c1-5-23-16-9-15(10-17(24-6-2)18(16)25-7-3)19(22)21-12-14(11-20)8-13(21)4/h9-10,13-14H,5-8,11-12,20H2,1-4H3. The van der Waals surface area contributed by atoms with Crippen molar-refractivity contribution in [3.63, 3.8) is 0 Å². The quantitative estimate of drug-likeness (QED) is 0.780. The molecule has 2 unspecified atom stereocenters. The van der Waals surface area contributed by atoms with Crippen LogP contribution in [0, 0.1) is 5.92 Å². The topological polar surface area (TPSA) is 74.0 Å². The molecule has 2 rings (SSSR count). The van der Waals surface area contributed by atoms with Gasteiger partial charge in [0, 0.05) is 18.2 Å². The Hall–Kier alpha value is -1.95. The predicted molar refractivity (Wildman–Crippen MR) is 97.6 cm³/mol. The summed E-state index contributed by atoms with van der Waals surface area (Å²) in [5, 5.41) is 0. The van der Waals surface area contributed by atoms with Crippen molar-refractivity contribution in [2.75, 3.05) is 32.9 Å².